The fourth-order valence-corrected chi connectivity index (χ4v) is 3.04. The SMILES string of the molecule is O=C(Nc1ncn(Cc2cccc(Cl)c2)n1)C1CCCCC1. The molecule has 0 atom stereocenters. The number of carbonyl (C=O) groups excluding carboxylic acids is 1. The molecule has 0 radical (unpaired) electrons. The molecule has 1 aromatic heterocycles. The van der Waals surface area contributed by atoms with Gasteiger partial charge in [0.25, 0.3) is 0 Å². The summed E-state index contributed by atoms with van der Waals surface area (Å²) in [6, 6.07) is 7.61. The molecule has 1 aliphatic rings. The third-order valence-corrected chi connectivity index (χ3v) is 4.22. The number of aromatic nitrogens is 3. The first kappa shape index (κ1) is 15.0. The summed E-state index contributed by atoms with van der Waals surface area (Å²) in [5, 5.41) is 7.82. The largest absolute Gasteiger partial charge is 0.293 e. The Labute approximate surface area is 134 Å². The molecule has 0 spiro atoms. The third-order valence-electron chi connectivity index (χ3n) is 3.98. The first-order valence-corrected chi connectivity index (χ1v) is 8.03. The van der Waals surface area contributed by atoms with Gasteiger partial charge in [-0.2, -0.15) is 0 Å². The lowest BCUT2D eigenvalue weighted by Gasteiger charge is -2.19. The minimum absolute atomic E-state index is 0.0419. The van der Waals surface area contributed by atoms with Gasteiger partial charge in [-0.1, -0.05) is 43.0 Å². The Kier molecular flexibility index (Phi) is 4.73. The molecule has 1 aliphatic carbocycles. The van der Waals surface area contributed by atoms with E-state index in [1.54, 1.807) is 11.0 Å². The van der Waals surface area contributed by atoms with Gasteiger partial charge in [0.15, 0.2) is 0 Å². The van der Waals surface area contributed by atoms with Crippen molar-refractivity contribution in [2.75, 3.05) is 5.32 Å². The number of halogens is 1. The number of carbonyl (C=O) groups is 1. The molecule has 0 bridgehead atoms. The van der Waals surface area contributed by atoms with Gasteiger partial charge in [0.1, 0.15) is 6.33 Å². The van der Waals surface area contributed by atoms with E-state index in [0.29, 0.717) is 17.5 Å². The van der Waals surface area contributed by atoms with Gasteiger partial charge in [0.05, 0.1) is 6.54 Å². The van der Waals surface area contributed by atoms with Crippen LogP contribution < -0.4 is 5.32 Å². The van der Waals surface area contributed by atoms with Crippen LogP contribution in [0.25, 0.3) is 0 Å². The highest BCUT2D eigenvalue weighted by atomic mass is 35.5. The molecule has 1 amide bonds. The van der Waals surface area contributed by atoms with Crippen molar-refractivity contribution in [2.24, 2.45) is 5.92 Å². The normalized spacial score (nSPS) is 15.7. The van der Waals surface area contributed by atoms with Crippen LogP contribution in [0.3, 0.4) is 0 Å². The molecule has 0 saturated heterocycles. The Morgan fingerprint density at radius 2 is 2.14 bits per heavy atom. The molecule has 0 unspecified atom stereocenters. The first-order valence-electron chi connectivity index (χ1n) is 7.65. The van der Waals surface area contributed by atoms with Crippen LogP contribution >= 0.6 is 11.6 Å². The van der Waals surface area contributed by atoms with Gasteiger partial charge in [0.2, 0.25) is 11.9 Å². The molecule has 6 heteroatoms. The zero-order valence-electron chi connectivity index (χ0n) is 12.3. The van der Waals surface area contributed by atoms with Crippen molar-refractivity contribution >= 4 is 23.5 Å². The smallest absolute Gasteiger partial charge is 0.248 e. The van der Waals surface area contributed by atoms with Gasteiger partial charge in [-0.15, -0.1) is 5.10 Å². The van der Waals surface area contributed by atoms with Crippen molar-refractivity contribution in [3.8, 4) is 0 Å². The summed E-state index contributed by atoms with van der Waals surface area (Å²) in [5.41, 5.74) is 1.04. The fraction of sp³-hybridized carbons (Fsp3) is 0.438. The van der Waals surface area contributed by atoms with Crippen molar-refractivity contribution < 1.29 is 4.79 Å². The Bertz CT molecular complexity index is 649. The lowest BCUT2D eigenvalue weighted by molar-refractivity contribution is -0.120. The van der Waals surface area contributed by atoms with Crippen molar-refractivity contribution in [3.63, 3.8) is 0 Å². The maximum atomic E-state index is 12.2. The predicted octanol–water partition coefficient (Wildman–Crippen LogP) is 3.50. The van der Waals surface area contributed by atoms with Crippen molar-refractivity contribution in [1.29, 1.82) is 0 Å². The monoisotopic (exact) mass is 318 g/mol. The minimum atomic E-state index is 0.0419. The summed E-state index contributed by atoms with van der Waals surface area (Å²) in [4.78, 5) is 16.3. The topological polar surface area (TPSA) is 59.8 Å². The van der Waals surface area contributed by atoms with Crippen LogP contribution in [-0.2, 0) is 11.3 Å². The zero-order valence-corrected chi connectivity index (χ0v) is 13.1. The average molecular weight is 319 g/mol. The molecular formula is C16H19ClN4O. The van der Waals surface area contributed by atoms with E-state index in [2.05, 4.69) is 15.4 Å². The molecule has 2 aromatic rings. The molecule has 1 saturated carbocycles. The number of rotatable bonds is 4. The van der Waals surface area contributed by atoms with E-state index in [1.165, 1.54) is 6.42 Å². The lowest BCUT2D eigenvalue weighted by Crippen LogP contribution is -2.25. The number of hydrogen-bond acceptors (Lipinski definition) is 3. The van der Waals surface area contributed by atoms with E-state index < -0.39 is 0 Å². The van der Waals surface area contributed by atoms with E-state index in [-0.39, 0.29) is 11.8 Å². The van der Waals surface area contributed by atoms with Crippen LogP contribution in [0, 0.1) is 5.92 Å². The van der Waals surface area contributed by atoms with E-state index in [4.69, 9.17) is 11.6 Å². The Hall–Kier alpha value is -1.88. The molecule has 1 fully saturated rings. The predicted molar refractivity (Wildman–Crippen MR) is 85.8 cm³/mol. The van der Waals surface area contributed by atoms with Crippen LogP contribution in [0.5, 0.6) is 0 Å². The van der Waals surface area contributed by atoms with Gasteiger partial charge < -0.3 is 0 Å². The second-order valence-electron chi connectivity index (χ2n) is 5.72. The number of anilines is 1. The van der Waals surface area contributed by atoms with Gasteiger partial charge in [-0.25, -0.2) is 9.67 Å². The maximum Gasteiger partial charge on any atom is 0.248 e. The summed E-state index contributed by atoms with van der Waals surface area (Å²) in [6.45, 7) is 0.576. The minimum Gasteiger partial charge on any atom is -0.293 e. The molecule has 5 nitrogen and oxygen atoms in total. The Balaban J connectivity index is 1.60. The molecule has 3 rings (SSSR count). The summed E-state index contributed by atoms with van der Waals surface area (Å²) < 4.78 is 1.70. The zero-order chi connectivity index (χ0) is 15.4. The van der Waals surface area contributed by atoms with Crippen LogP contribution in [-0.4, -0.2) is 20.7 Å². The van der Waals surface area contributed by atoms with Crippen LogP contribution in [0.15, 0.2) is 30.6 Å². The quantitative estimate of drug-likeness (QED) is 0.938. The van der Waals surface area contributed by atoms with Gasteiger partial charge in [-0.05, 0) is 30.5 Å². The molecule has 1 N–H and O–H groups in total. The number of amides is 1. The average Bonchev–Trinajstić information content (AvgIpc) is 2.95. The summed E-state index contributed by atoms with van der Waals surface area (Å²) in [5.74, 6) is 0.520. The molecular weight excluding hydrogens is 300 g/mol. The Morgan fingerprint density at radius 3 is 2.91 bits per heavy atom. The van der Waals surface area contributed by atoms with Crippen LogP contribution in [0.1, 0.15) is 37.7 Å². The highest BCUT2D eigenvalue weighted by molar-refractivity contribution is 6.30. The second-order valence-corrected chi connectivity index (χ2v) is 6.16. The number of benzene rings is 1. The van der Waals surface area contributed by atoms with Crippen molar-refractivity contribution in [1.82, 2.24) is 14.8 Å². The standard InChI is InChI=1S/C16H19ClN4O/c17-14-8-4-5-12(9-14)10-21-11-18-16(20-21)19-15(22)13-6-2-1-3-7-13/h4-5,8-9,11,13H,1-3,6-7,10H2,(H,19,20,22). The molecule has 1 heterocycles. The van der Waals surface area contributed by atoms with Crippen LogP contribution in [0.4, 0.5) is 5.95 Å². The summed E-state index contributed by atoms with van der Waals surface area (Å²) in [6.07, 6.45) is 7.06. The maximum absolute atomic E-state index is 12.2. The van der Waals surface area contributed by atoms with Crippen LogP contribution in [0.2, 0.25) is 5.02 Å². The second kappa shape index (κ2) is 6.92. The van der Waals surface area contributed by atoms with Crippen molar-refractivity contribution in [2.45, 2.75) is 38.6 Å². The van der Waals surface area contributed by atoms with E-state index >= 15 is 0 Å². The van der Waals surface area contributed by atoms with Gasteiger partial charge in [-0.3, -0.25) is 10.1 Å². The highest BCUT2D eigenvalue weighted by Gasteiger charge is 2.21. The van der Waals surface area contributed by atoms with Gasteiger partial charge >= 0.3 is 0 Å². The van der Waals surface area contributed by atoms with E-state index in [9.17, 15) is 4.79 Å². The van der Waals surface area contributed by atoms with E-state index in [1.807, 2.05) is 24.3 Å². The lowest BCUT2D eigenvalue weighted by atomic mass is 9.89. The fourth-order valence-electron chi connectivity index (χ4n) is 2.83. The molecule has 116 valence electrons. The highest BCUT2D eigenvalue weighted by Crippen LogP contribution is 2.24. The number of nitrogens with one attached hydrogen (secondary N) is 1. The molecule has 22 heavy (non-hydrogen) atoms. The first-order chi connectivity index (χ1) is 10.7. The Morgan fingerprint density at radius 1 is 1.32 bits per heavy atom. The third kappa shape index (κ3) is 3.85. The number of hydrogen-bond donors (Lipinski definition) is 1. The number of nitrogens with zero attached hydrogens (tertiary/aromatic N) is 3. The molecule has 0 aliphatic heterocycles. The summed E-state index contributed by atoms with van der Waals surface area (Å²) in [7, 11) is 0. The summed E-state index contributed by atoms with van der Waals surface area (Å²) >= 11 is 5.97. The van der Waals surface area contributed by atoms with Gasteiger partial charge in [0, 0.05) is 10.9 Å². The van der Waals surface area contributed by atoms with E-state index in [0.717, 1.165) is 31.2 Å². The molecule has 1 aromatic carbocycles. The van der Waals surface area contributed by atoms with Crippen molar-refractivity contribution in [3.05, 3.63) is 41.2 Å².